The van der Waals surface area contributed by atoms with Gasteiger partial charge in [-0.05, 0) is 36.2 Å². The summed E-state index contributed by atoms with van der Waals surface area (Å²) in [6.07, 6.45) is 0. The van der Waals surface area contributed by atoms with Crippen molar-refractivity contribution in [2.24, 2.45) is 11.7 Å². The van der Waals surface area contributed by atoms with Gasteiger partial charge in [-0.3, -0.25) is 4.79 Å². The summed E-state index contributed by atoms with van der Waals surface area (Å²) >= 11 is 1.63. The highest BCUT2D eigenvalue weighted by molar-refractivity contribution is 7.07. The zero-order valence-corrected chi connectivity index (χ0v) is 10.2. The molecule has 4 heteroatoms. The van der Waals surface area contributed by atoms with E-state index >= 15 is 0 Å². The number of hydrogen-bond donors (Lipinski definition) is 2. The Balaban J connectivity index is 2.52. The summed E-state index contributed by atoms with van der Waals surface area (Å²) in [5.74, 6) is -0.130. The van der Waals surface area contributed by atoms with Crippen molar-refractivity contribution in [3.8, 4) is 0 Å². The van der Waals surface area contributed by atoms with Crippen molar-refractivity contribution in [3.63, 3.8) is 0 Å². The maximum Gasteiger partial charge on any atom is 0.224 e. The predicted molar refractivity (Wildman–Crippen MR) is 63.7 cm³/mol. The van der Waals surface area contributed by atoms with E-state index in [4.69, 9.17) is 5.73 Å². The molecule has 0 aliphatic carbocycles. The molecule has 0 radical (unpaired) electrons. The number of nitrogens with two attached hydrogens (primary N) is 1. The minimum Gasteiger partial charge on any atom is -0.349 e. The normalized spacial score (nSPS) is 16.8. The van der Waals surface area contributed by atoms with Gasteiger partial charge in [-0.25, -0.2) is 0 Å². The second-order valence-corrected chi connectivity index (χ2v) is 4.71. The molecule has 3 atom stereocenters. The molecule has 3 unspecified atom stereocenters. The molecule has 0 bridgehead atoms. The standard InChI is InChI=1S/C11H18N2OS/c1-7(8(2)12)11(14)13-9(3)10-4-5-15-6-10/h4-9H,12H2,1-3H3,(H,13,14). The SMILES string of the molecule is CC(NC(=O)C(C)C(C)N)c1ccsc1. The third-order valence-electron chi connectivity index (χ3n) is 2.60. The molecule has 1 aromatic heterocycles. The molecule has 84 valence electrons. The highest BCUT2D eigenvalue weighted by Crippen LogP contribution is 2.16. The number of amides is 1. The lowest BCUT2D eigenvalue weighted by Crippen LogP contribution is -2.39. The quantitative estimate of drug-likeness (QED) is 0.824. The zero-order chi connectivity index (χ0) is 11.4. The van der Waals surface area contributed by atoms with E-state index in [0.29, 0.717) is 0 Å². The molecule has 0 fully saturated rings. The number of rotatable bonds is 4. The molecular weight excluding hydrogens is 208 g/mol. The van der Waals surface area contributed by atoms with Crippen LogP contribution in [-0.2, 0) is 4.79 Å². The van der Waals surface area contributed by atoms with Gasteiger partial charge in [0, 0.05) is 12.0 Å². The summed E-state index contributed by atoms with van der Waals surface area (Å²) in [5, 5.41) is 7.00. The molecule has 1 aromatic rings. The van der Waals surface area contributed by atoms with Crippen molar-refractivity contribution in [2.45, 2.75) is 32.9 Å². The first-order valence-electron chi connectivity index (χ1n) is 5.10. The van der Waals surface area contributed by atoms with Gasteiger partial charge in [0.2, 0.25) is 5.91 Å². The van der Waals surface area contributed by atoms with Gasteiger partial charge < -0.3 is 11.1 Å². The van der Waals surface area contributed by atoms with Crippen molar-refractivity contribution in [2.75, 3.05) is 0 Å². The Labute approximate surface area is 94.7 Å². The summed E-state index contributed by atoms with van der Waals surface area (Å²) in [7, 11) is 0. The van der Waals surface area contributed by atoms with Crippen molar-refractivity contribution in [1.82, 2.24) is 5.32 Å². The van der Waals surface area contributed by atoms with Crippen LogP contribution < -0.4 is 11.1 Å². The highest BCUT2D eigenvalue weighted by atomic mass is 32.1. The first kappa shape index (κ1) is 12.2. The van der Waals surface area contributed by atoms with Gasteiger partial charge in [0.1, 0.15) is 0 Å². The zero-order valence-electron chi connectivity index (χ0n) is 9.36. The number of carbonyl (C=O) groups is 1. The van der Waals surface area contributed by atoms with Crippen LogP contribution in [-0.4, -0.2) is 11.9 Å². The molecule has 0 aliphatic rings. The molecular formula is C11H18N2OS. The van der Waals surface area contributed by atoms with E-state index in [1.807, 2.05) is 37.6 Å². The summed E-state index contributed by atoms with van der Waals surface area (Å²) in [6, 6.07) is 1.97. The van der Waals surface area contributed by atoms with Crippen LogP contribution in [0.15, 0.2) is 16.8 Å². The van der Waals surface area contributed by atoms with E-state index in [1.54, 1.807) is 11.3 Å². The van der Waals surface area contributed by atoms with Crippen LogP contribution in [0.3, 0.4) is 0 Å². The Morgan fingerprint density at radius 2 is 2.13 bits per heavy atom. The molecule has 1 amide bonds. The Morgan fingerprint density at radius 1 is 1.47 bits per heavy atom. The molecule has 3 N–H and O–H groups in total. The summed E-state index contributed by atoms with van der Waals surface area (Å²) < 4.78 is 0. The fourth-order valence-corrected chi connectivity index (χ4v) is 1.94. The third kappa shape index (κ3) is 3.32. The minimum absolute atomic E-state index is 0.0173. The van der Waals surface area contributed by atoms with Crippen molar-refractivity contribution in [1.29, 1.82) is 0 Å². The van der Waals surface area contributed by atoms with Gasteiger partial charge in [-0.15, -0.1) is 0 Å². The maximum absolute atomic E-state index is 11.7. The van der Waals surface area contributed by atoms with Crippen molar-refractivity contribution in [3.05, 3.63) is 22.4 Å². The Kier molecular flexibility index (Phi) is 4.29. The monoisotopic (exact) mass is 226 g/mol. The molecule has 1 heterocycles. The molecule has 0 aliphatic heterocycles. The Bertz CT molecular complexity index is 308. The summed E-state index contributed by atoms with van der Waals surface area (Å²) in [6.45, 7) is 5.67. The minimum atomic E-state index is -0.147. The van der Waals surface area contributed by atoms with E-state index in [0.717, 1.165) is 5.56 Å². The van der Waals surface area contributed by atoms with E-state index in [9.17, 15) is 4.79 Å². The fraction of sp³-hybridized carbons (Fsp3) is 0.545. The van der Waals surface area contributed by atoms with E-state index in [1.165, 1.54) is 0 Å². The van der Waals surface area contributed by atoms with Crippen LogP contribution in [0.4, 0.5) is 0 Å². The average molecular weight is 226 g/mol. The highest BCUT2D eigenvalue weighted by Gasteiger charge is 2.19. The van der Waals surface area contributed by atoms with Crippen molar-refractivity contribution < 1.29 is 4.79 Å². The predicted octanol–water partition coefficient (Wildman–Crippen LogP) is 1.91. The number of thiophene rings is 1. The van der Waals surface area contributed by atoms with Gasteiger partial charge in [0.25, 0.3) is 0 Å². The van der Waals surface area contributed by atoms with Crippen molar-refractivity contribution >= 4 is 17.2 Å². The second kappa shape index (κ2) is 5.28. The summed E-state index contributed by atoms with van der Waals surface area (Å²) in [5.41, 5.74) is 6.82. The van der Waals surface area contributed by atoms with Crippen LogP contribution in [0.5, 0.6) is 0 Å². The molecule has 0 saturated heterocycles. The van der Waals surface area contributed by atoms with Crippen LogP contribution in [0.2, 0.25) is 0 Å². The van der Waals surface area contributed by atoms with Crippen LogP contribution in [0.1, 0.15) is 32.4 Å². The van der Waals surface area contributed by atoms with Crippen LogP contribution in [0, 0.1) is 5.92 Å². The van der Waals surface area contributed by atoms with E-state index < -0.39 is 0 Å². The molecule has 15 heavy (non-hydrogen) atoms. The van der Waals surface area contributed by atoms with Gasteiger partial charge in [-0.1, -0.05) is 6.92 Å². The van der Waals surface area contributed by atoms with Gasteiger partial charge in [0.05, 0.1) is 6.04 Å². The number of carbonyl (C=O) groups excluding carboxylic acids is 1. The number of nitrogens with one attached hydrogen (secondary N) is 1. The average Bonchev–Trinajstić information content (AvgIpc) is 2.68. The van der Waals surface area contributed by atoms with Crippen LogP contribution >= 0.6 is 11.3 Å². The Morgan fingerprint density at radius 3 is 2.60 bits per heavy atom. The fourth-order valence-electron chi connectivity index (χ4n) is 1.19. The van der Waals surface area contributed by atoms with Gasteiger partial charge in [-0.2, -0.15) is 11.3 Å². The van der Waals surface area contributed by atoms with E-state index in [-0.39, 0.29) is 23.9 Å². The lowest BCUT2D eigenvalue weighted by molar-refractivity contribution is -0.125. The summed E-state index contributed by atoms with van der Waals surface area (Å²) in [4.78, 5) is 11.7. The molecule has 1 rings (SSSR count). The van der Waals surface area contributed by atoms with E-state index in [2.05, 4.69) is 5.32 Å². The van der Waals surface area contributed by atoms with Gasteiger partial charge >= 0.3 is 0 Å². The maximum atomic E-state index is 11.7. The lowest BCUT2D eigenvalue weighted by atomic mass is 10.0. The second-order valence-electron chi connectivity index (χ2n) is 3.93. The molecule has 0 saturated carbocycles. The first-order valence-corrected chi connectivity index (χ1v) is 6.04. The number of hydrogen-bond acceptors (Lipinski definition) is 3. The lowest BCUT2D eigenvalue weighted by Gasteiger charge is -2.19. The largest absolute Gasteiger partial charge is 0.349 e. The van der Waals surface area contributed by atoms with Crippen LogP contribution in [0.25, 0.3) is 0 Å². The molecule has 0 aromatic carbocycles. The topological polar surface area (TPSA) is 55.1 Å². The van der Waals surface area contributed by atoms with Gasteiger partial charge in [0.15, 0.2) is 0 Å². The molecule has 0 spiro atoms. The third-order valence-corrected chi connectivity index (χ3v) is 3.31. The Hall–Kier alpha value is -0.870. The smallest absolute Gasteiger partial charge is 0.224 e. The molecule has 3 nitrogen and oxygen atoms in total. The first-order chi connectivity index (χ1) is 7.02.